The summed E-state index contributed by atoms with van der Waals surface area (Å²) in [6.07, 6.45) is 2.16. The van der Waals surface area contributed by atoms with E-state index in [2.05, 4.69) is 16.7 Å². The average molecular weight is 324 g/mol. The highest BCUT2D eigenvalue weighted by atomic mass is 19.1. The number of piperazine rings is 1. The molecule has 1 aliphatic rings. The molecule has 1 aliphatic heterocycles. The van der Waals surface area contributed by atoms with Crippen molar-refractivity contribution in [2.24, 2.45) is 0 Å². The van der Waals surface area contributed by atoms with E-state index in [0.717, 1.165) is 51.5 Å². The van der Waals surface area contributed by atoms with Crippen molar-refractivity contribution >= 4 is 0 Å². The first kappa shape index (κ1) is 18.2. The number of methoxy groups -OCH3 is 1. The van der Waals surface area contributed by atoms with Crippen molar-refractivity contribution in [2.75, 3.05) is 53.0 Å². The predicted molar refractivity (Wildman–Crippen MR) is 90.5 cm³/mol. The molecule has 0 aromatic heterocycles. The molecule has 130 valence electrons. The van der Waals surface area contributed by atoms with Gasteiger partial charge >= 0.3 is 0 Å². The van der Waals surface area contributed by atoms with Crippen molar-refractivity contribution in [3.05, 3.63) is 30.1 Å². The number of hydrogen-bond acceptors (Lipinski definition) is 4. The number of nitrogens with zero attached hydrogens (tertiary/aromatic N) is 2. The fourth-order valence-corrected chi connectivity index (χ4v) is 3.06. The number of halogens is 1. The molecule has 0 N–H and O–H groups in total. The maximum Gasteiger partial charge on any atom is 0.123 e. The van der Waals surface area contributed by atoms with E-state index in [9.17, 15) is 4.39 Å². The quantitative estimate of drug-likeness (QED) is 0.652. The molecule has 23 heavy (non-hydrogen) atoms. The predicted octanol–water partition coefficient (Wildman–Crippen LogP) is 2.64. The Morgan fingerprint density at radius 2 is 1.91 bits per heavy atom. The van der Waals surface area contributed by atoms with Crippen molar-refractivity contribution < 1.29 is 13.9 Å². The summed E-state index contributed by atoms with van der Waals surface area (Å²) in [5, 5.41) is 0. The minimum atomic E-state index is -0.227. The topological polar surface area (TPSA) is 24.9 Å². The molecular weight excluding hydrogens is 295 g/mol. The van der Waals surface area contributed by atoms with Crippen LogP contribution >= 0.6 is 0 Å². The Labute approximate surface area is 139 Å². The molecule has 1 fully saturated rings. The smallest absolute Gasteiger partial charge is 0.123 e. The molecule has 0 radical (unpaired) electrons. The first-order chi connectivity index (χ1) is 11.2. The Balaban J connectivity index is 1.65. The van der Waals surface area contributed by atoms with Crippen molar-refractivity contribution in [3.8, 4) is 5.75 Å². The van der Waals surface area contributed by atoms with Gasteiger partial charge in [-0.3, -0.25) is 4.90 Å². The minimum absolute atomic E-state index is 0.227. The van der Waals surface area contributed by atoms with Crippen LogP contribution in [0.15, 0.2) is 24.3 Å². The third kappa shape index (κ3) is 6.09. The van der Waals surface area contributed by atoms with Gasteiger partial charge in [0, 0.05) is 45.9 Å². The van der Waals surface area contributed by atoms with E-state index < -0.39 is 0 Å². The van der Waals surface area contributed by atoms with E-state index in [-0.39, 0.29) is 5.82 Å². The average Bonchev–Trinajstić information content (AvgIpc) is 2.58. The molecule has 1 atom stereocenters. The van der Waals surface area contributed by atoms with Gasteiger partial charge in [0.1, 0.15) is 11.6 Å². The highest BCUT2D eigenvalue weighted by Gasteiger charge is 2.24. The van der Waals surface area contributed by atoms with Gasteiger partial charge in [-0.25, -0.2) is 4.39 Å². The molecule has 1 aromatic rings. The highest BCUT2D eigenvalue weighted by Crippen LogP contribution is 2.14. The number of ether oxygens (including phenoxy) is 2. The van der Waals surface area contributed by atoms with Gasteiger partial charge in [0.2, 0.25) is 0 Å². The lowest BCUT2D eigenvalue weighted by molar-refractivity contribution is 0.0478. The van der Waals surface area contributed by atoms with Crippen LogP contribution in [0, 0.1) is 5.82 Å². The lowest BCUT2D eigenvalue weighted by Gasteiger charge is -2.41. The molecule has 0 spiro atoms. The second-order valence-electron chi connectivity index (χ2n) is 6.05. The summed E-state index contributed by atoms with van der Waals surface area (Å²) >= 11 is 0. The molecule has 0 bridgehead atoms. The maximum atomic E-state index is 12.8. The monoisotopic (exact) mass is 324 g/mol. The van der Waals surface area contributed by atoms with E-state index in [1.54, 1.807) is 19.2 Å². The summed E-state index contributed by atoms with van der Waals surface area (Å²) in [4.78, 5) is 5.06. The van der Waals surface area contributed by atoms with E-state index in [1.165, 1.54) is 18.6 Å². The summed E-state index contributed by atoms with van der Waals surface area (Å²) in [7, 11) is 1.76. The minimum Gasteiger partial charge on any atom is -0.494 e. The van der Waals surface area contributed by atoms with Crippen LogP contribution in [0.1, 0.15) is 19.8 Å². The van der Waals surface area contributed by atoms with Crippen LogP contribution in [0.3, 0.4) is 0 Å². The van der Waals surface area contributed by atoms with Gasteiger partial charge in [0.15, 0.2) is 0 Å². The van der Waals surface area contributed by atoms with Gasteiger partial charge in [0.25, 0.3) is 0 Å². The van der Waals surface area contributed by atoms with Crippen LogP contribution in [-0.4, -0.2) is 68.9 Å². The highest BCUT2D eigenvalue weighted by molar-refractivity contribution is 5.21. The molecule has 1 saturated heterocycles. The lowest BCUT2D eigenvalue weighted by Crippen LogP contribution is -2.53. The first-order valence-electron chi connectivity index (χ1n) is 8.56. The van der Waals surface area contributed by atoms with Crippen LogP contribution in [0.5, 0.6) is 5.75 Å². The van der Waals surface area contributed by atoms with Crippen LogP contribution in [0.4, 0.5) is 4.39 Å². The van der Waals surface area contributed by atoms with E-state index in [0.29, 0.717) is 12.6 Å². The standard InChI is InChI=1S/C18H29FN2O2/c1-3-17-15-20(10-11-21(17)12-14-22-2)9-4-13-23-18-7-5-16(19)6-8-18/h5-8,17H,3-4,9-15H2,1-2H3/t17-/m1/s1. The third-order valence-corrected chi connectivity index (χ3v) is 4.44. The fourth-order valence-electron chi connectivity index (χ4n) is 3.06. The summed E-state index contributed by atoms with van der Waals surface area (Å²) in [5.41, 5.74) is 0. The van der Waals surface area contributed by atoms with Gasteiger partial charge in [-0.05, 0) is 37.1 Å². The Hall–Kier alpha value is -1.17. The van der Waals surface area contributed by atoms with Crippen LogP contribution in [0.2, 0.25) is 0 Å². The zero-order valence-corrected chi connectivity index (χ0v) is 14.3. The molecule has 1 aromatic carbocycles. The normalized spacial score (nSPS) is 19.9. The molecule has 0 saturated carbocycles. The Morgan fingerprint density at radius 1 is 1.13 bits per heavy atom. The molecule has 1 heterocycles. The third-order valence-electron chi connectivity index (χ3n) is 4.44. The van der Waals surface area contributed by atoms with Gasteiger partial charge in [-0.15, -0.1) is 0 Å². The fraction of sp³-hybridized carbons (Fsp3) is 0.667. The second kappa shape index (κ2) is 9.85. The summed E-state index contributed by atoms with van der Waals surface area (Å²) in [6, 6.07) is 6.84. The molecule has 0 unspecified atom stereocenters. The van der Waals surface area contributed by atoms with Crippen molar-refractivity contribution in [1.29, 1.82) is 0 Å². The van der Waals surface area contributed by atoms with Crippen molar-refractivity contribution in [2.45, 2.75) is 25.8 Å². The molecular formula is C18H29FN2O2. The Kier molecular flexibility index (Phi) is 7.79. The van der Waals surface area contributed by atoms with Gasteiger partial charge in [0.05, 0.1) is 13.2 Å². The first-order valence-corrected chi connectivity index (χ1v) is 8.56. The molecule has 5 heteroatoms. The van der Waals surface area contributed by atoms with Crippen LogP contribution in [0.25, 0.3) is 0 Å². The molecule has 0 amide bonds. The Morgan fingerprint density at radius 3 is 2.61 bits per heavy atom. The van der Waals surface area contributed by atoms with Crippen LogP contribution < -0.4 is 4.74 Å². The number of benzene rings is 1. The number of rotatable bonds is 9. The van der Waals surface area contributed by atoms with Gasteiger partial charge < -0.3 is 14.4 Å². The van der Waals surface area contributed by atoms with E-state index in [1.807, 2.05) is 0 Å². The van der Waals surface area contributed by atoms with E-state index in [4.69, 9.17) is 9.47 Å². The zero-order valence-electron chi connectivity index (χ0n) is 14.3. The zero-order chi connectivity index (χ0) is 16.5. The summed E-state index contributed by atoms with van der Waals surface area (Å²) < 4.78 is 23.7. The molecule has 0 aliphatic carbocycles. The molecule has 2 rings (SSSR count). The van der Waals surface area contributed by atoms with Crippen LogP contribution in [-0.2, 0) is 4.74 Å². The van der Waals surface area contributed by atoms with E-state index >= 15 is 0 Å². The van der Waals surface area contributed by atoms with Gasteiger partial charge in [-0.1, -0.05) is 6.92 Å². The van der Waals surface area contributed by atoms with Crippen molar-refractivity contribution in [1.82, 2.24) is 9.80 Å². The molecule has 4 nitrogen and oxygen atoms in total. The maximum absolute atomic E-state index is 12.8. The Bertz CT molecular complexity index is 441. The lowest BCUT2D eigenvalue weighted by atomic mass is 10.1. The summed E-state index contributed by atoms with van der Waals surface area (Å²) in [5.74, 6) is 0.511. The summed E-state index contributed by atoms with van der Waals surface area (Å²) in [6.45, 7) is 9.15. The second-order valence-corrected chi connectivity index (χ2v) is 6.05. The van der Waals surface area contributed by atoms with Gasteiger partial charge in [-0.2, -0.15) is 0 Å². The SMILES string of the molecule is CC[C@@H]1CN(CCCOc2ccc(F)cc2)CCN1CCOC. The number of hydrogen-bond donors (Lipinski definition) is 0. The largest absolute Gasteiger partial charge is 0.494 e. The van der Waals surface area contributed by atoms with Crippen molar-refractivity contribution in [3.63, 3.8) is 0 Å².